The molecule has 6 fully saturated rings. The van der Waals surface area contributed by atoms with Crippen LogP contribution in [0.25, 0.3) is 0 Å². The third-order valence-corrected chi connectivity index (χ3v) is 10.4. The molecule has 5 saturated heterocycles. The molecule has 6 N–H and O–H groups in total. The van der Waals surface area contributed by atoms with Crippen molar-refractivity contribution in [1.29, 1.82) is 0 Å². The van der Waals surface area contributed by atoms with Crippen molar-refractivity contribution in [2.75, 3.05) is 85.5 Å². The van der Waals surface area contributed by atoms with Crippen molar-refractivity contribution in [3.05, 3.63) is 0 Å². The minimum Gasteiger partial charge on any atom is -0.390 e. The second-order valence-corrected chi connectivity index (χ2v) is 13.6. The summed E-state index contributed by atoms with van der Waals surface area (Å²) in [4.78, 5) is 31.6. The summed E-state index contributed by atoms with van der Waals surface area (Å²) in [6, 6.07) is -0.121. The lowest BCUT2D eigenvalue weighted by Crippen LogP contribution is -2.73. The van der Waals surface area contributed by atoms with Crippen molar-refractivity contribution in [2.45, 2.75) is 81.9 Å². The van der Waals surface area contributed by atoms with E-state index in [1.165, 1.54) is 0 Å². The van der Waals surface area contributed by atoms with Crippen molar-refractivity contribution >= 4 is 11.8 Å². The molecule has 14 heteroatoms. The fourth-order valence-electron chi connectivity index (χ4n) is 7.70. The average Bonchev–Trinajstić information content (AvgIpc) is 3.54. The highest BCUT2D eigenvalue weighted by Crippen LogP contribution is 2.37. The molecule has 6 aliphatic rings. The Hall–Kier alpha value is -1.46. The fourth-order valence-corrected chi connectivity index (χ4v) is 7.70. The molecule has 0 spiro atoms. The molecule has 44 heavy (non-hydrogen) atoms. The lowest BCUT2D eigenvalue weighted by atomic mass is 9.74. The van der Waals surface area contributed by atoms with Crippen LogP contribution < -0.4 is 26.6 Å². The zero-order chi connectivity index (χ0) is 30.5. The summed E-state index contributed by atoms with van der Waals surface area (Å²) < 4.78 is 17.2. The highest BCUT2D eigenvalue weighted by molar-refractivity contribution is 5.82. The molecule has 5 aliphatic heterocycles. The quantitative estimate of drug-likeness (QED) is 0.146. The van der Waals surface area contributed by atoms with E-state index in [2.05, 4.69) is 36.4 Å². The van der Waals surface area contributed by atoms with Gasteiger partial charge in [0.2, 0.25) is 11.8 Å². The second kappa shape index (κ2) is 15.4. The number of ether oxygens (including phenoxy) is 3. The number of piperidine rings is 1. The summed E-state index contributed by atoms with van der Waals surface area (Å²) in [5.74, 6) is 1.33. The zero-order valence-electron chi connectivity index (χ0n) is 26.3. The Balaban J connectivity index is 0.926. The number of aliphatic hydroxyl groups is 1. The van der Waals surface area contributed by atoms with E-state index in [9.17, 15) is 14.7 Å². The Bertz CT molecular complexity index is 946. The molecule has 6 rings (SSSR count). The van der Waals surface area contributed by atoms with E-state index >= 15 is 0 Å². The highest BCUT2D eigenvalue weighted by Gasteiger charge is 2.38. The number of carbonyl (C=O) groups is 2. The molecular weight excluding hydrogens is 568 g/mol. The van der Waals surface area contributed by atoms with Gasteiger partial charge in [0.15, 0.2) is 0 Å². The van der Waals surface area contributed by atoms with E-state index in [4.69, 9.17) is 14.2 Å². The molecule has 5 heterocycles. The van der Waals surface area contributed by atoms with Gasteiger partial charge in [-0.2, -0.15) is 0 Å². The molecule has 2 amide bonds. The summed E-state index contributed by atoms with van der Waals surface area (Å²) in [6.45, 7) is 10.7. The third-order valence-electron chi connectivity index (χ3n) is 10.4. The molecule has 1 aliphatic carbocycles. The molecule has 0 aromatic carbocycles. The predicted molar refractivity (Wildman–Crippen MR) is 162 cm³/mol. The van der Waals surface area contributed by atoms with Crippen molar-refractivity contribution < 1.29 is 28.9 Å². The average molecular weight is 623 g/mol. The number of hydrogen-bond acceptors (Lipinski definition) is 12. The van der Waals surface area contributed by atoms with Crippen molar-refractivity contribution in [3.63, 3.8) is 0 Å². The Kier molecular flexibility index (Phi) is 11.4. The van der Waals surface area contributed by atoms with Crippen molar-refractivity contribution in [1.82, 2.24) is 41.3 Å². The van der Waals surface area contributed by atoms with Crippen LogP contribution in [-0.2, 0) is 23.8 Å². The van der Waals surface area contributed by atoms with Gasteiger partial charge in [-0.3, -0.25) is 35.8 Å². The van der Waals surface area contributed by atoms with Crippen LogP contribution in [-0.4, -0.2) is 160 Å². The van der Waals surface area contributed by atoms with E-state index in [1.54, 1.807) is 6.92 Å². The molecule has 250 valence electrons. The topological polar surface area (TPSA) is 152 Å². The number of nitrogens with one attached hydrogen (secondary N) is 5. The molecule has 0 radical (unpaired) electrons. The zero-order valence-corrected chi connectivity index (χ0v) is 26.3. The van der Waals surface area contributed by atoms with Crippen molar-refractivity contribution in [3.8, 4) is 0 Å². The van der Waals surface area contributed by atoms with E-state index in [-0.39, 0.29) is 43.0 Å². The van der Waals surface area contributed by atoms with Gasteiger partial charge in [0.25, 0.3) is 0 Å². The Morgan fingerprint density at radius 3 is 2.61 bits per heavy atom. The Morgan fingerprint density at radius 1 is 1.05 bits per heavy atom. The van der Waals surface area contributed by atoms with E-state index in [0.29, 0.717) is 70.5 Å². The molecule has 0 aromatic heterocycles. The van der Waals surface area contributed by atoms with Gasteiger partial charge in [0, 0.05) is 65.7 Å². The summed E-state index contributed by atoms with van der Waals surface area (Å²) in [5.41, 5.74) is 0. The fraction of sp³-hybridized carbons (Fsp3) is 0.933. The van der Waals surface area contributed by atoms with Crippen LogP contribution in [0.4, 0.5) is 0 Å². The maximum absolute atomic E-state index is 13.4. The van der Waals surface area contributed by atoms with Crippen molar-refractivity contribution in [2.24, 2.45) is 11.8 Å². The normalized spacial score (nSPS) is 36.4. The van der Waals surface area contributed by atoms with Crippen LogP contribution in [0.2, 0.25) is 0 Å². The van der Waals surface area contributed by atoms with Crippen LogP contribution in [0.15, 0.2) is 0 Å². The van der Waals surface area contributed by atoms with Crippen LogP contribution in [0, 0.1) is 11.8 Å². The summed E-state index contributed by atoms with van der Waals surface area (Å²) in [7, 11) is 0. The number of aliphatic hydroxyl groups excluding tert-OH is 1. The predicted octanol–water partition coefficient (Wildman–Crippen LogP) is -2.37. The number of likely N-dealkylation sites (tertiary alicyclic amines) is 1. The lowest BCUT2D eigenvalue weighted by molar-refractivity contribution is -0.131. The largest absolute Gasteiger partial charge is 0.390 e. The SMILES string of the molecule is CC(=O)N1CCN(C2NC(NC3COC3)CC(C(=O)NC[C@H](O)CN3CCC4CC(OCC5CNCO5)CCC4C3)N2)CC1. The monoisotopic (exact) mass is 622 g/mol. The number of hydrogen-bond donors (Lipinski definition) is 6. The first-order valence-electron chi connectivity index (χ1n) is 16.9. The molecule has 1 saturated carbocycles. The summed E-state index contributed by atoms with van der Waals surface area (Å²) >= 11 is 0. The number of carbonyl (C=O) groups excluding carboxylic acids is 2. The van der Waals surface area contributed by atoms with Crippen LogP contribution >= 0.6 is 0 Å². The molecule has 8 atom stereocenters. The molecule has 0 bridgehead atoms. The molecule has 14 nitrogen and oxygen atoms in total. The van der Waals surface area contributed by atoms with Crippen LogP contribution in [0.5, 0.6) is 0 Å². The second-order valence-electron chi connectivity index (χ2n) is 13.6. The smallest absolute Gasteiger partial charge is 0.237 e. The van der Waals surface area contributed by atoms with Crippen LogP contribution in [0.1, 0.15) is 39.0 Å². The van der Waals surface area contributed by atoms with E-state index in [1.807, 2.05) is 4.90 Å². The van der Waals surface area contributed by atoms with Gasteiger partial charge in [-0.25, -0.2) is 0 Å². The minimum atomic E-state index is -0.617. The Labute approximate surface area is 261 Å². The lowest BCUT2D eigenvalue weighted by Gasteiger charge is -2.46. The van der Waals surface area contributed by atoms with Crippen LogP contribution in [0.3, 0.4) is 0 Å². The first-order valence-corrected chi connectivity index (χ1v) is 16.9. The van der Waals surface area contributed by atoms with Gasteiger partial charge < -0.3 is 34.4 Å². The molecule has 0 aromatic rings. The number of amides is 2. The molecular formula is C30H54N8O6. The summed E-state index contributed by atoms with van der Waals surface area (Å²) in [5, 5.41) is 27.8. The Morgan fingerprint density at radius 2 is 1.89 bits per heavy atom. The maximum Gasteiger partial charge on any atom is 0.237 e. The first-order chi connectivity index (χ1) is 21.4. The maximum atomic E-state index is 13.4. The number of fused-ring (bicyclic) bond motifs is 1. The van der Waals surface area contributed by atoms with Gasteiger partial charge in [-0.15, -0.1) is 0 Å². The van der Waals surface area contributed by atoms with Gasteiger partial charge in [-0.05, 0) is 44.1 Å². The number of piperazine rings is 1. The van der Waals surface area contributed by atoms with Gasteiger partial charge in [0.05, 0.1) is 63.1 Å². The minimum absolute atomic E-state index is 0.0449. The van der Waals surface area contributed by atoms with E-state index in [0.717, 1.165) is 58.4 Å². The highest BCUT2D eigenvalue weighted by atomic mass is 16.5. The number of rotatable bonds is 11. The van der Waals surface area contributed by atoms with Gasteiger partial charge in [-0.1, -0.05) is 0 Å². The molecule has 7 unspecified atom stereocenters. The summed E-state index contributed by atoms with van der Waals surface area (Å²) in [6.07, 6.45) is 4.76. The number of nitrogens with zero attached hydrogens (tertiary/aromatic N) is 3. The van der Waals surface area contributed by atoms with Gasteiger partial charge >= 0.3 is 0 Å². The standard InChI is InChI=1S/C30H54N8O6/c1-20(39)37-6-8-38(9-7-37)30-34-27(11-28(35-30)33-23-16-42-17-23)29(41)32-12-24(40)15-36-5-4-21-10-25(3-2-22(21)14-36)43-18-26-13-31-19-44-26/h21-28,30-31,33-35,40H,2-19H2,1H3,(H,32,41)/t21?,22?,24-,25?,26?,27?,28?,30?/m0/s1. The third kappa shape index (κ3) is 8.66. The number of β-amino-alcohol motifs (C(OH)–C–C–N with tert-alkyl or cyclic N) is 1. The first kappa shape index (κ1) is 32.5. The van der Waals surface area contributed by atoms with Gasteiger partial charge in [0.1, 0.15) is 6.29 Å². The van der Waals surface area contributed by atoms with E-state index < -0.39 is 12.1 Å².